The third-order valence-corrected chi connectivity index (χ3v) is 5.93. The van der Waals surface area contributed by atoms with Crippen LogP contribution in [0, 0.1) is 5.92 Å². The number of rotatable bonds is 5. The maximum atomic E-state index is 5.97. The first-order chi connectivity index (χ1) is 10.3. The van der Waals surface area contributed by atoms with Crippen molar-refractivity contribution in [3.63, 3.8) is 0 Å². The molecule has 1 aliphatic rings. The monoisotopic (exact) mass is 302 g/mol. The molecule has 1 saturated carbocycles. The van der Waals surface area contributed by atoms with Gasteiger partial charge in [0.15, 0.2) is 0 Å². The van der Waals surface area contributed by atoms with Gasteiger partial charge in [-0.1, -0.05) is 37.5 Å². The zero-order valence-electron chi connectivity index (χ0n) is 13.0. The number of hydrogen-bond donors (Lipinski definition) is 1. The normalized spacial score (nSPS) is 16.9. The first-order valence-corrected chi connectivity index (χ1v) is 8.97. The molecule has 2 nitrogen and oxygen atoms in total. The van der Waals surface area contributed by atoms with Crippen LogP contribution in [0.4, 0.5) is 0 Å². The molecule has 0 saturated heterocycles. The van der Waals surface area contributed by atoms with Crippen molar-refractivity contribution >= 4 is 21.4 Å². The summed E-state index contributed by atoms with van der Waals surface area (Å²) in [5.41, 5.74) is 7.42. The lowest BCUT2D eigenvalue weighted by Crippen LogP contribution is -2.27. The van der Waals surface area contributed by atoms with Crippen LogP contribution in [0.15, 0.2) is 24.3 Å². The summed E-state index contributed by atoms with van der Waals surface area (Å²) in [5, 5.41) is 1.40. The molecule has 1 aromatic carbocycles. The second kappa shape index (κ2) is 6.91. The lowest BCUT2D eigenvalue weighted by atomic mass is 9.89. The van der Waals surface area contributed by atoms with Gasteiger partial charge < -0.3 is 10.6 Å². The summed E-state index contributed by atoms with van der Waals surface area (Å²) in [6.07, 6.45) is 7.12. The Kier molecular flexibility index (Phi) is 4.94. The van der Waals surface area contributed by atoms with Crippen LogP contribution in [0.25, 0.3) is 10.1 Å². The van der Waals surface area contributed by atoms with Gasteiger partial charge >= 0.3 is 0 Å². The molecule has 2 aromatic rings. The van der Waals surface area contributed by atoms with Crippen molar-refractivity contribution in [1.29, 1.82) is 0 Å². The van der Waals surface area contributed by atoms with Crippen molar-refractivity contribution < 1.29 is 0 Å². The van der Waals surface area contributed by atoms with Crippen molar-refractivity contribution in [2.45, 2.75) is 45.2 Å². The van der Waals surface area contributed by atoms with E-state index in [1.54, 1.807) is 0 Å². The van der Waals surface area contributed by atoms with Gasteiger partial charge in [0.25, 0.3) is 0 Å². The van der Waals surface area contributed by atoms with Crippen LogP contribution in [-0.2, 0) is 13.1 Å². The molecule has 0 spiro atoms. The molecule has 2 N–H and O–H groups in total. The molecule has 1 fully saturated rings. The summed E-state index contributed by atoms with van der Waals surface area (Å²) in [6.45, 7) is 2.92. The van der Waals surface area contributed by atoms with E-state index in [9.17, 15) is 0 Å². The van der Waals surface area contributed by atoms with Crippen LogP contribution in [0.3, 0.4) is 0 Å². The first kappa shape index (κ1) is 15.0. The maximum absolute atomic E-state index is 5.97. The predicted molar refractivity (Wildman–Crippen MR) is 92.6 cm³/mol. The van der Waals surface area contributed by atoms with Gasteiger partial charge in [0.2, 0.25) is 0 Å². The lowest BCUT2D eigenvalue weighted by molar-refractivity contribution is 0.228. The molecule has 0 bridgehead atoms. The molecule has 0 aliphatic heterocycles. The summed E-state index contributed by atoms with van der Waals surface area (Å²) in [6, 6.07) is 8.72. The van der Waals surface area contributed by atoms with E-state index in [2.05, 4.69) is 36.2 Å². The Morgan fingerprint density at radius 1 is 1.19 bits per heavy atom. The van der Waals surface area contributed by atoms with Crippen LogP contribution in [0.1, 0.15) is 42.5 Å². The van der Waals surface area contributed by atoms with Crippen LogP contribution in [-0.4, -0.2) is 18.5 Å². The number of benzene rings is 1. The van der Waals surface area contributed by atoms with Gasteiger partial charge in [-0.15, -0.1) is 11.3 Å². The van der Waals surface area contributed by atoms with Gasteiger partial charge in [-0.3, -0.25) is 0 Å². The number of nitrogens with zero attached hydrogens (tertiary/aromatic N) is 1. The Bertz CT molecular complexity index is 584. The SMILES string of the molecule is CN(Cc1c(CN)sc2ccccc12)CC1CCCCC1. The highest BCUT2D eigenvalue weighted by atomic mass is 32.1. The van der Waals surface area contributed by atoms with Crippen molar-refractivity contribution in [2.24, 2.45) is 11.7 Å². The van der Waals surface area contributed by atoms with E-state index in [4.69, 9.17) is 5.73 Å². The van der Waals surface area contributed by atoms with Gasteiger partial charge in [0.1, 0.15) is 0 Å². The Morgan fingerprint density at radius 3 is 2.71 bits per heavy atom. The second-order valence-electron chi connectivity index (χ2n) is 6.40. The Morgan fingerprint density at radius 2 is 1.95 bits per heavy atom. The highest BCUT2D eigenvalue weighted by Crippen LogP contribution is 2.32. The van der Waals surface area contributed by atoms with E-state index < -0.39 is 0 Å². The van der Waals surface area contributed by atoms with E-state index in [0.29, 0.717) is 6.54 Å². The van der Waals surface area contributed by atoms with Gasteiger partial charge in [0.05, 0.1) is 0 Å². The highest BCUT2D eigenvalue weighted by molar-refractivity contribution is 7.19. The zero-order chi connectivity index (χ0) is 14.7. The topological polar surface area (TPSA) is 29.3 Å². The van der Waals surface area contributed by atoms with E-state index in [1.807, 2.05) is 11.3 Å². The Hall–Kier alpha value is -0.900. The molecule has 0 atom stereocenters. The van der Waals surface area contributed by atoms with Crippen LogP contribution in [0.5, 0.6) is 0 Å². The molecule has 1 aliphatic carbocycles. The summed E-state index contributed by atoms with van der Waals surface area (Å²) in [4.78, 5) is 3.86. The zero-order valence-corrected chi connectivity index (χ0v) is 13.8. The smallest absolute Gasteiger partial charge is 0.0349 e. The van der Waals surface area contributed by atoms with Gasteiger partial charge in [-0.05, 0) is 42.8 Å². The average molecular weight is 302 g/mol. The molecule has 0 unspecified atom stereocenters. The van der Waals surface area contributed by atoms with E-state index in [-0.39, 0.29) is 0 Å². The van der Waals surface area contributed by atoms with Crippen LogP contribution in [0.2, 0.25) is 0 Å². The molecule has 3 rings (SSSR count). The third-order valence-electron chi connectivity index (χ3n) is 4.69. The maximum Gasteiger partial charge on any atom is 0.0349 e. The minimum absolute atomic E-state index is 0.659. The molecule has 1 heterocycles. The molecule has 21 heavy (non-hydrogen) atoms. The second-order valence-corrected chi connectivity index (χ2v) is 7.54. The molecule has 0 radical (unpaired) electrons. The van der Waals surface area contributed by atoms with Crippen LogP contribution < -0.4 is 5.73 Å². The quantitative estimate of drug-likeness (QED) is 0.888. The molecule has 1 aromatic heterocycles. The van der Waals surface area contributed by atoms with Gasteiger partial charge in [-0.2, -0.15) is 0 Å². The van der Waals surface area contributed by atoms with Crippen LogP contribution >= 0.6 is 11.3 Å². The van der Waals surface area contributed by atoms with Crippen molar-refractivity contribution in [1.82, 2.24) is 4.90 Å². The number of thiophene rings is 1. The molecule has 3 heteroatoms. The van der Waals surface area contributed by atoms with Gasteiger partial charge in [-0.25, -0.2) is 0 Å². The summed E-state index contributed by atoms with van der Waals surface area (Å²) < 4.78 is 1.37. The summed E-state index contributed by atoms with van der Waals surface area (Å²) >= 11 is 1.86. The fraction of sp³-hybridized carbons (Fsp3) is 0.556. The molecular formula is C18H26N2S. The fourth-order valence-corrected chi connectivity index (χ4v) is 4.73. The van der Waals surface area contributed by atoms with E-state index in [0.717, 1.165) is 12.5 Å². The first-order valence-electron chi connectivity index (χ1n) is 8.16. The third kappa shape index (κ3) is 3.47. The molecular weight excluding hydrogens is 276 g/mol. The number of hydrogen-bond acceptors (Lipinski definition) is 3. The average Bonchev–Trinajstić information content (AvgIpc) is 2.86. The predicted octanol–water partition coefficient (Wildman–Crippen LogP) is 4.37. The van der Waals surface area contributed by atoms with Crippen molar-refractivity contribution in [3.8, 4) is 0 Å². The summed E-state index contributed by atoms with van der Waals surface area (Å²) in [7, 11) is 2.27. The van der Waals surface area contributed by atoms with E-state index in [1.165, 1.54) is 59.2 Å². The van der Waals surface area contributed by atoms with Gasteiger partial charge in [0, 0.05) is 29.2 Å². The van der Waals surface area contributed by atoms with E-state index >= 15 is 0 Å². The van der Waals surface area contributed by atoms with Crippen molar-refractivity contribution in [2.75, 3.05) is 13.6 Å². The standard InChI is InChI=1S/C18H26N2S/c1-20(12-14-7-3-2-4-8-14)13-16-15-9-5-6-10-17(15)21-18(16)11-19/h5-6,9-10,14H,2-4,7-8,11-13,19H2,1H3. The van der Waals surface area contributed by atoms with Crippen molar-refractivity contribution in [3.05, 3.63) is 34.7 Å². The summed E-state index contributed by atoms with van der Waals surface area (Å²) in [5.74, 6) is 0.898. The number of fused-ring (bicyclic) bond motifs is 1. The minimum atomic E-state index is 0.659. The number of nitrogens with two attached hydrogens (primary N) is 1. The fourth-order valence-electron chi connectivity index (χ4n) is 3.63. The molecule has 0 amide bonds. The minimum Gasteiger partial charge on any atom is -0.326 e. The Labute approximate surface area is 131 Å². The molecule has 114 valence electrons. The Balaban J connectivity index is 1.74. The lowest BCUT2D eigenvalue weighted by Gasteiger charge is -2.27. The highest BCUT2D eigenvalue weighted by Gasteiger charge is 2.17. The largest absolute Gasteiger partial charge is 0.326 e.